The van der Waals surface area contributed by atoms with E-state index in [0.29, 0.717) is 28.1 Å². The molecule has 40 heavy (non-hydrogen) atoms. The van der Waals surface area contributed by atoms with Gasteiger partial charge in [0.25, 0.3) is 0 Å². The van der Waals surface area contributed by atoms with Crippen LogP contribution in [0.5, 0.6) is 0 Å². The summed E-state index contributed by atoms with van der Waals surface area (Å²) < 4.78 is 104. The summed E-state index contributed by atoms with van der Waals surface area (Å²) in [7, 11) is 0. The number of fused-ring (bicyclic) bond motifs is 5. The van der Waals surface area contributed by atoms with Crippen LogP contribution in [0.3, 0.4) is 0 Å². The van der Waals surface area contributed by atoms with E-state index < -0.39 is 27.4 Å². The number of pyridine rings is 2. The van der Waals surface area contributed by atoms with E-state index in [1.54, 1.807) is 6.07 Å². The second kappa shape index (κ2) is 11.6. The number of aromatic nitrogens is 2. The molecule has 0 atom stereocenters. The van der Waals surface area contributed by atoms with Gasteiger partial charge in [-0.1, -0.05) is 77.5 Å². The molecular formula is C36H28IrN2O-2. The summed E-state index contributed by atoms with van der Waals surface area (Å²) in [5, 5.41) is 3.80. The fourth-order valence-electron chi connectivity index (χ4n) is 4.37. The Bertz CT molecular complexity index is 2430. The molecule has 3 nitrogen and oxygen atoms in total. The van der Waals surface area contributed by atoms with Crippen LogP contribution >= 0.6 is 0 Å². The second-order valence-electron chi connectivity index (χ2n) is 8.81. The predicted octanol–water partition coefficient (Wildman–Crippen LogP) is 9.38. The fourth-order valence-corrected chi connectivity index (χ4v) is 4.37. The molecule has 3 heterocycles. The van der Waals surface area contributed by atoms with Gasteiger partial charge in [-0.15, -0.1) is 53.6 Å². The van der Waals surface area contributed by atoms with E-state index in [2.05, 4.69) is 22.1 Å². The van der Waals surface area contributed by atoms with E-state index >= 15 is 0 Å². The molecule has 0 amide bonds. The maximum absolute atomic E-state index is 7.82. The summed E-state index contributed by atoms with van der Waals surface area (Å²) in [5.41, 5.74) is 2.39. The Balaban J connectivity index is 0.000000216. The largest absolute Gasteiger partial charge is 0.500 e. The SMILES string of the molecule is [2H]C([2H])([2H])c1cnc(-c2[c-]ccc3c2oc2c4ccccc4ccc32)cc1C([2H])([2H])[2H].[2H]c1cnc(-c2[c-]cc(C([2H])([2H])[2H])cc2)cc1C([2H])([2H])[2H].[Ir]. The molecule has 4 aromatic carbocycles. The van der Waals surface area contributed by atoms with Gasteiger partial charge in [0.2, 0.25) is 0 Å². The summed E-state index contributed by atoms with van der Waals surface area (Å²) in [6, 6.07) is 28.2. The maximum Gasteiger partial charge on any atom is 0.128 e. The van der Waals surface area contributed by atoms with Crippen LogP contribution in [0.15, 0.2) is 102 Å². The van der Waals surface area contributed by atoms with E-state index in [0.717, 1.165) is 33.3 Å². The van der Waals surface area contributed by atoms with E-state index in [1.165, 1.54) is 36.5 Å². The van der Waals surface area contributed by atoms with Gasteiger partial charge >= 0.3 is 0 Å². The fraction of sp³-hybridized carbons (Fsp3) is 0.111. The number of benzene rings is 4. The normalized spacial score (nSPS) is 16.9. The van der Waals surface area contributed by atoms with Crippen LogP contribution < -0.4 is 0 Å². The van der Waals surface area contributed by atoms with Crippen molar-refractivity contribution in [1.29, 1.82) is 0 Å². The van der Waals surface area contributed by atoms with E-state index in [1.807, 2.05) is 42.5 Å². The standard InChI is InChI=1S/C23H16NO.C13H12N.Ir/c1-14-12-21(24-13-15(14)2)20-9-5-8-18-19-11-10-16-6-3-4-7-17(16)22(19)25-23(18)20;1-10-3-5-12(6-4-10)13-9-11(2)7-8-14-13;/h3-8,10-13H,1-2H3;3-5,7-9H,1-2H3;/q2*-1;/i1D3,2D3;1D3,2D3,7D;. The zero-order valence-corrected chi connectivity index (χ0v) is 23.2. The van der Waals surface area contributed by atoms with Crippen molar-refractivity contribution in [3.05, 3.63) is 132 Å². The van der Waals surface area contributed by atoms with Crippen LogP contribution in [0.2, 0.25) is 0 Å². The minimum absolute atomic E-state index is 0. The molecule has 1 radical (unpaired) electrons. The smallest absolute Gasteiger partial charge is 0.128 e. The van der Waals surface area contributed by atoms with Gasteiger partial charge in [-0.2, -0.15) is 0 Å². The van der Waals surface area contributed by atoms with Gasteiger partial charge in [0, 0.05) is 59.7 Å². The molecule has 0 saturated heterocycles. The van der Waals surface area contributed by atoms with Gasteiger partial charge < -0.3 is 14.4 Å². The Labute approximate surface area is 266 Å². The monoisotopic (exact) mass is 710 g/mol. The first-order valence-electron chi connectivity index (χ1n) is 18.5. The molecule has 0 aliphatic carbocycles. The average molecular weight is 710 g/mol. The minimum atomic E-state index is -2.60. The zero-order chi connectivity index (χ0) is 37.8. The molecule has 0 N–H and O–H groups in total. The molecule has 4 heteroatoms. The molecule has 199 valence electrons. The van der Waals surface area contributed by atoms with E-state index in [4.69, 9.17) is 22.2 Å². The van der Waals surface area contributed by atoms with Gasteiger partial charge in [0.15, 0.2) is 0 Å². The first-order valence-corrected chi connectivity index (χ1v) is 12.0. The molecule has 0 saturated carbocycles. The first-order chi connectivity index (χ1) is 24.2. The molecule has 0 bridgehead atoms. The molecule has 0 aliphatic rings. The summed E-state index contributed by atoms with van der Waals surface area (Å²) >= 11 is 0. The van der Waals surface area contributed by atoms with Gasteiger partial charge in [0.1, 0.15) is 5.58 Å². The van der Waals surface area contributed by atoms with Crippen molar-refractivity contribution in [2.24, 2.45) is 0 Å². The van der Waals surface area contributed by atoms with Crippen molar-refractivity contribution in [2.45, 2.75) is 27.4 Å². The molecular weight excluding hydrogens is 669 g/mol. The number of furan rings is 1. The number of aryl methyl sites for hydroxylation is 4. The third-order valence-corrected chi connectivity index (χ3v) is 6.28. The topological polar surface area (TPSA) is 38.9 Å². The van der Waals surface area contributed by atoms with Gasteiger partial charge in [-0.25, -0.2) is 0 Å². The second-order valence-corrected chi connectivity index (χ2v) is 8.81. The Hall–Kier alpha value is -4.11. The van der Waals surface area contributed by atoms with Gasteiger partial charge in [0.05, 0.1) is 6.95 Å². The quantitative estimate of drug-likeness (QED) is 0.168. The van der Waals surface area contributed by atoms with E-state index in [9.17, 15) is 0 Å². The van der Waals surface area contributed by atoms with Crippen molar-refractivity contribution in [3.8, 4) is 22.5 Å². The molecule has 7 rings (SSSR count). The Morgan fingerprint density at radius 3 is 2.45 bits per heavy atom. The third-order valence-electron chi connectivity index (χ3n) is 6.28. The zero-order valence-electron chi connectivity index (χ0n) is 33.8. The van der Waals surface area contributed by atoms with Crippen molar-refractivity contribution in [2.75, 3.05) is 0 Å². The number of hydrogen-bond acceptors (Lipinski definition) is 3. The van der Waals surface area contributed by atoms with Crippen LogP contribution in [0, 0.1) is 39.5 Å². The first kappa shape index (κ1) is 15.6. The molecule has 0 spiro atoms. The number of hydrogen-bond donors (Lipinski definition) is 0. The van der Waals surface area contributed by atoms with Crippen LogP contribution in [0.25, 0.3) is 55.2 Å². The van der Waals surface area contributed by atoms with Crippen molar-refractivity contribution < 1.29 is 42.3 Å². The van der Waals surface area contributed by atoms with E-state index in [-0.39, 0.29) is 48.4 Å². The minimum Gasteiger partial charge on any atom is -0.500 e. The van der Waals surface area contributed by atoms with Gasteiger partial charge in [-0.3, -0.25) is 0 Å². The predicted molar refractivity (Wildman–Crippen MR) is 161 cm³/mol. The van der Waals surface area contributed by atoms with Crippen LogP contribution in [-0.2, 0) is 20.1 Å². The van der Waals surface area contributed by atoms with Crippen LogP contribution in [0.4, 0.5) is 0 Å². The molecule has 0 aliphatic heterocycles. The third kappa shape index (κ3) is 5.34. The Morgan fingerprint density at radius 2 is 1.62 bits per heavy atom. The summed E-state index contributed by atoms with van der Waals surface area (Å²) in [6.45, 7) is -9.78. The molecule has 0 unspecified atom stereocenters. The average Bonchev–Trinajstić information content (AvgIpc) is 3.46. The Kier molecular flexibility index (Phi) is 4.51. The molecule has 7 aromatic rings. The molecule has 3 aromatic heterocycles. The van der Waals surface area contributed by atoms with Crippen molar-refractivity contribution in [3.63, 3.8) is 0 Å². The van der Waals surface area contributed by atoms with Crippen molar-refractivity contribution in [1.82, 2.24) is 9.97 Å². The number of nitrogens with zero attached hydrogens (tertiary/aromatic N) is 2. The summed E-state index contributed by atoms with van der Waals surface area (Å²) in [4.78, 5) is 8.28. The van der Waals surface area contributed by atoms with Crippen LogP contribution in [-0.4, -0.2) is 9.97 Å². The van der Waals surface area contributed by atoms with Gasteiger partial charge in [-0.05, 0) is 48.9 Å². The molecule has 0 fully saturated rings. The summed E-state index contributed by atoms with van der Waals surface area (Å²) in [5.74, 6) is 0. The van der Waals surface area contributed by atoms with Crippen LogP contribution in [0.1, 0.15) is 40.1 Å². The Morgan fingerprint density at radius 1 is 0.750 bits per heavy atom. The summed E-state index contributed by atoms with van der Waals surface area (Å²) in [6.07, 6.45) is 2.29. The number of rotatable bonds is 2. The van der Waals surface area contributed by atoms with Crippen molar-refractivity contribution >= 4 is 32.7 Å². The maximum atomic E-state index is 7.82.